The van der Waals surface area contributed by atoms with Crippen LogP contribution >= 0.6 is 27.5 Å². The van der Waals surface area contributed by atoms with Crippen LogP contribution in [0.5, 0.6) is 0 Å². The summed E-state index contributed by atoms with van der Waals surface area (Å²) in [5.41, 5.74) is 7.24. The molecule has 0 fully saturated rings. The summed E-state index contributed by atoms with van der Waals surface area (Å²) in [6.45, 7) is 1.85. The Bertz CT molecular complexity index is 509. The zero-order chi connectivity index (χ0) is 11.0. The lowest BCUT2D eigenvalue weighted by Crippen LogP contribution is -2.00. The van der Waals surface area contributed by atoms with Gasteiger partial charge in [-0.1, -0.05) is 22.9 Å². The van der Waals surface area contributed by atoms with Crippen molar-refractivity contribution in [3.8, 4) is 5.69 Å². The molecule has 0 aliphatic rings. The van der Waals surface area contributed by atoms with E-state index in [1.807, 2.05) is 19.1 Å². The molecule has 1 aromatic heterocycles. The molecule has 78 valence electrons. The van der Waals surface area contributed by atoms with Crippen molar-refractivity contribution in [2.24, 2.45) is 0 Å². The lowest BCUT2D eigenvalue weighted by Gasteiger charge is -2.06. The average Bonchev–Trinajstić information content (AvgIpc) is 2.53. The summed E-state index contributed by atoms with van der Waals surface area (Å²) < 4.78 is 2.42. The van der Waals surface area contributed by atoms with Gasteiger partial charge in [-0.25, -0.2) is 4.68 Å². The summed E-state index contributed by atoms with van der Waals surface area (Å²) in [7, 11) is 0. The Balaban J connectivity index is 2.64. The van der Waals surface area contributed by atoms with Crippen LogP contribution in [0.2, 0.25) is 5.02 Å². The molecule has 0 spiro atoms. The van der Waals surface area contributed by atoms with Crippen molar-refractivity contribution in [1.29, 1.82) is 0 Å². The number of anilines is 1. The lowest BCUT2D eigenvalue weighted by atomic mass is 10.3. The molecule has 2 N–H and O–H groups in total. The topological polar surface area (TPSA) is 56.7 Å². The zero-order valence-corrected chi connectivity index (χ0v) is 10.2. The molecule has 4 nitrogen and oxygen atoms in total. The van der Waals surface area contributed by atoms with E-state index in [1.54, 1.807) is 10.7 Å². The van der Waals surface area contributed by atoms with Crippen molar-refractivity contribution in [3.05, 3.63) is 33.4 Å². The fourth-order valence-corrected chi connectivity index (χ4v) is 1.83. The quantitative estimate of drug-likeness (QED) is 0.877. The van der Waals surface area contributed by atoms with Gasteiger partial charge in [-0.15, -0.1) is 5.10 Å². The van der Waals surface area contributed by atoms with Gasteiger partial charge in [0, 0.05) is 0 Å². The molecule has 0 amide bonds. The van der Waals surface area contributed by atoms with Crippen molar-refractivity contribution in [1.82, 2.24) is 15.0 Å². The highest BCUT2D eigenvalue weighted by Crippen LogP contribution is 2.29. The SMILES string of the molecule is Cc1c(N)nnn1-c1cccc(Cl)c1Br. The van der Waals surface area contributed by atoms with E-state index in [0.29, 0.717) is 10.8 Å². The highest BCUT2D eigenvalue weighted by Gasteiger charge is 2.11. The van der Waals surface area contributed by atoms with Crippen LogP contribution in [0.25, 0.3) is 5.69 Å². The van der Waals surface area contributed by atoms with Gasteiger partial charge in [0.15, 0.2) is 5.82 Å². The maximum atomic E-state index is 5.98. The maximum absolute atomic E-state index is 5.98. The molecule has 6 heteroatoms. The molecule has 0 atom stereocenters. The molecule has 15 heavy (non-hydrogen) atoms. The van der Waals surface area contributed by atoms with Crippen molar-refractivity contribution < 1.29 is 0 Å². The second kappa shape index (κ2) is 3.83. The molecule has 2 rings (SSSR count). The molecule has 0 aliphatic carbocycles. The highest BCUT2D eigenvalue weighted by molar-refractivity contribution is 9.10. The number of nitrogens with zero attached hydrogens (tertiary/aromatic N) is 3. The second-order valence-electron chi connectivity index (χ2n) is 3.04. The van der Waals surface area contributed by atoms with Gasteiger partial charge in [0.25, 0.3) is 0 Å². The Morgan fingerprint density at radius 3 is 2.80 bits per heavy atom. The van der Waals surface area contributed by atoms with Crippen molar-refractivity contribution >= 4 is 33.3 Å². The van der Waals surface area contributed by atoms with Gasteiger partial charge in [-0.3, -0.25) is 0 Å². The van der Waals surface area contributed by atoms with E-state index in [2.05, 4.69) is 26.2 Å². The van der Waals surface area contributed by atoms with E-state index in [1.165, 1.54) is 0 Å². The van der Waals surface area contributed by atoms with Gasteiger partial charge in [-0.2, -0.15) is 0 Å². The number of halogens is 2. The minimum absolute atomic E-state index is 0.418. The Morgan fingerprint density at radius 1 is 1.47 bits per heavy atom. The van der Waals surface area contributed by atoms with Crippen LogP contribution in [0.4, 0.5) is 5.82 Å². The number of hydrogen-bond acceptors (Lipinski definition) is 3. The van der Waals surface area contributed by atoms with E-state index in [9.17, 15) is 0 Å². The normalized spacial score (nSPS) is 10.6. The van der Waals surface area contributed by atoms with Crippen molar-refractivity contribution in [2.45, 2.75) is 6.92 Å². The Morgan fingerprint density at radius 2 is 2.20 bits per heavy atom. The van der Waals surface area contributed by atoms with Gasteiger partial charge in [0.1, 0.15) is 0 Å². The van der Waals surface area contributed by atoms with Crippen LogP contribution in [-0.4, -0.2) is 15.0 Å². The third kappa shape index (κ3) is 1.72. The Hall–Kier alpha value is -1.07. The van der Waals surface area contributed by atoms with E-state index < -0.39 is 0 Å². The van der Waals surface area contributed by atoms with Crippen molar-refractivity contribution in [3.63, 3.8) is 0 Å². The predicted octanol–water partition coefficient (Wildman–Crippen LogP) is 2.57. The van der Waals surface area contributed by atoms with Gasteiger partial charge in [0.05, 0.1) is 20.9 Å². The first-order valence-corrected chi connectivity index (χ1v) is 5.40. The number of benzene rings is 1. The van der Waals surface area contributed by atoms with Crippen LogP contribution in [-0.2, 0) is 0 Å². The van der Waals surface area contributed by atoms with Crippen LogP contribution in [0.1, 0.15) is 5.69 Å². The number of aromatic nitrogens is 3. The number of rotatable bonds is 1. The summed E-state index contributed by atoms with van der Waals surface area (Å²) in [6.07, 6.45) is 0. The van der Waals surface area contributed by atoms with Gasteiger partial charge < -0.3 is 5.73 Å². The molecule has 1 heterocycles. The van der Waals surface area contributed by atoms with Gasteiger partial charge in [-0.05, 0) is 35.0 Å². The summed E-state index contributed by atoms with van der Waals surface area (Å²) in [6, 6.07) is 5.53. The largest absolute Gasteiger partial charge is 0.381 e. The molecule has 0 saturated carbocycles. The van der Waals surface area contributed by atoms with E-state index >= 15 is 0 Å². The second-order valence-corrected chi connectivity index (χ2v) is 4.25. The fraction of sp³-hybridized carbons (Fsp3) is 0.111. The molecule has 0 bridgehead atoms. The number of nitrogen functional groups attached to an aromatic ring is 1. The Labute approximate surface area is 100 Å². The summed E-state index contributed by atoms with van der Waals surface area (Å²) >= 11 is 9.38. The van der Waals surface area contributed by atoms with Gasteiger partial charge in [0.2, 0.25) is 0 Å². The first-order chi connectivity index (χ1) is 7.11. The summed E-state index contributed by atoms with van der Waals surface area (Å²) in [5.74, 6) is 0.418. The standard InChI is InChI=1S/C9H8BrClN4/c1-5-9(12)13-14-15(5)7-4-2-3-6(11)8(7)10/h2-4H,12H2,1H3. The van der Waals surface area contributed by atoms with Crippen LogP contribution in [0.3, 0.4) is 0 Å². The maximum Gasteiger partial charge on any atom is 0.169 e. The molecule has 1 aromatic carbocycles. The minimum Gasteiger partial charge on any atom is -0.381 e. The smallest absolute Gasteiger partial charge is 0.169 e. The average molecular weight is 288 g/mol. The molecular weight excluding hydrogens is 279 g/mol. The summed E-state index contributed by atoms with van der Waals surface area (Å²) in [4.78, 5) is 0. The third-order valence-corrected chi connectivity index (χ3v) is 3.47. The molecule has 0 aliphatic heterocycles. The number of hydrogen-bond donors (Lipinski definition) is 1. The van der Waals surface area contributed by atoms with Crippen LogP contribution in [0, 0.1) is 6.92 Å². The first kappa shape index (κ1) is 10.4. The van der Waals surface area contributed by atoms with Crippen LogP contribution < -0.4 is 5.73 Å². The Kier molecular flexibility index (Phi) is 2.67. The molecule has 0 unspecified atom stereocenters. The lowest BCUT2D eigenvalue weighted by molar-refractivity contribution is 0.782. The summed E-state index contributed by atoms with van der Waals surface area (Å²) in [5, 5.41) is 8.36. The predicted molar refractivity (Wildman–Crippen MR) is 63.2 cm³/mol. The molecule has 0 saturated heterocycles. The molecule has 2 aromatic rings. The van der Waals surface area contributed by atoms with Crippen molar-refractivity contribution in [2.75, 3.05) is 5.73 Å². The monoisotopic (exact) mass is 286 g/mol. The minimum atomic E-state index is 0.418. The molecular formula is C9H8BrClN4. The number of nitrogens with two attached hydrogens (primary N) is 1. The molecule has 0 radical (unpaired) electrons. The highest BCUT2D eigenvalue weighted by atomic mass is 79.9. The zero-order valence-electron chi connectivity index (χ0n) is 7.91. The third-order valence-electron chi connectivity index (χ3n) is 2.09. The first-order valence-electron chi connectivity index (χ1n) is 4.23. The van der Waals surface area contributed by atoms with E-state index in [-0.39, 0.29) is 0 Å². The van der Waals surface area contributed by atoms with Gasteiger partial charge >= 0.3 is 0 Å². The van der Waals surface area contributed by atoms with E-state index in [0.717, 1.165) is 15.9 Å². The van der Waals surface area contributed by atoms with E-state index in [4.69, 9.17) is 17.3 Å². The fourth-order valence-electron chi connectivity index (χ4n) is 1.23. The van der Waals surface area contributed by atoms with Crippen LogP contribution in [0.15, 0.2) is 22.7 Å².